The van der Waals surface area contributed by atoms with Crippen molar-refractivity contribution >= 4 is 59.1 Å². The van der Waals surface area contributed by atoms with E-state index in [2.05, 4.69) is 57.0 Å². The van der Waals surface area contributed by atoms with Gasteiger partial charge in [0.1, 0.15) is 60.7 Å². The van der Waals surface area contributed by atoms with Gasteiger partial charge in [-0.2, -0.15) is 0 Å². The maximum atomic E-state index is 14.2. The van der Waals surface area contributed by atoms with Crippen LogP contribution in [0.5, 0.6) is 0 Å². The number of anilines is 1. The molecule has 0 radical (unpaired) electrons. The highest BCUT2D eigenvalue weighted by molar-refractivity contribution is 6.01. The number of urea groups is 1. The van der Waals surface area contributed by atoms with Crippen molar-refractivity contribution in [2.75, 3.05) is 98.2 Å². The number of nitrogens with two attached hydrogens (primary N) is 1. The molecule has 11 fully saturated rings. The number of imide groups is 1. The van der Waals surface area contributed by atoms with Gasteiger partial charge < -0.3 is 118 Å². The first-order valence-electron chi connectivity index (χ1n) is 42.7. The number of hydrogen-bond acceptors (Lipinski definition) is 29. The molecule has 1 aromatic heterocycles. The standard InChI is InChI=1S/C83H122N10O27/c1-48(2)72(89-68(96)22-27-105-30-33-108-35-32-107-29-26-92-45-54(90-91-92)47-110-37-36-109-34-31-106-28-23-71(99)120-93-69(97)19-20-70(93)98)80(101)88-61(8-7-25-85-81(84)102)79(100)87-53-11-9-52(10-12-53)46-111-82(103)86-44-56(95)41-66-73(104-6)60-16-13-55(94)40-58-15-18-63-74(114-58)78-77-76(116-63)75-67(117-77)43-83(118-75,119-78)24-21-59-39-50(4)62(112-59)17-14-57-38-49(3)51(5)64(113-57)42-65(60)115-66/h9-12,45,48-49,56-67,72-78,95H,4-5,7-8,13-44,46-47H2,1-3,6H3,(H,86,103)(H,87,100)(H,88,101)(H,89,96)(H3,84,85,102)/t49-,56+,57+,58-,59+,60+,61+,62+,63+,64-,65+,66-,67-,72+,73-,74+,75+,76+,77-,78+,83+/m1/s1. The molecule has 0 aliphatic carbocycles. The van der Waals surface area contributed by atoms with Crippen molar-refractivity contribution in [3.8, 4) is 0 Å². The number of ether oxygens (including phenoxy) is 16. The molecule has 37 nitrogen and oxygen atoms in total. The predicted octanol–water partition coefficient (Wildman–Crippen LogP) is 4.09. The minimum atomic E-state index is -1.11. The zero-order valence-corrected chi connectivity index (χ0v) is 69.3. The third-order valence-electron chi connectivity index (χ3n) is 23.9. The Morgan fingerprint density at radius 1 is 0.675 bits per heavy atom. The van der Waals surface area contributed by atoms with E-state index in [4.69, 9.17) is 86.4 Å². The van der Waals surface area contributed by atoms with Gasteiger partial charge >= 0.3 is 18.1 Å². The number of carbonyl (C=O) groups excluding carboxylic acids is 9. The number of fused-ring (bicyclic) bond motifs is 6. The van der Waals surface area contributed by atoms with E-state index in [-0.39, 0.29) is 208 Å². The van der Waals surface area contributed by atoms with Gasteiger partial charge in [-0.15, -0.1) is 10.2 Å². The topological polar surface area (TPSA) is 451 Å². The van der Waals surface area contributed by atoms with Gasteiger partial charge in [0.15, 0.2) is 5.79 Å². The lowest BCUT2D eigenvalue weighted by Gasteiger charge is -2.47. The van der Waals surface area contributed by atoms with Gasteiger partial charge in [-0.1, -0.05) is 51.3 Å². The Morgan fingerprint density at radius 3 is 2.08 bits per heavy atom. The summed E-state index contributed by atoms with van der Waals surface area (Å²) < 4.78 is 101. The normalized spacial score (nSPS) is 30.4. The molecule has 0 unspecified atom stereocenters. The SMILES string of the molecule is C=C1C[C@@H]2CC[C@@]34C[C@H]5O[C@H]6[C@@H](O3)[C@H]3O[C@H](CC[C@@H]3O[C@H]6[C@H]5O4)CC(=O)CC[C@@H]3[C@@H](OC)[C@@H](C[C@H](O)CNC(=O)OCc4ccc(NC(=O)[C@H](CCCNC(N)=O)NC(=O)[C@@H](NC(=O)CCOCCOCCOCCn5cc(COCCOCCOCCC(=O)ON6C(=O)CCC6=O)nn5)C(C)C)cc4)O[C@H]3C[C@H]3O[C@@H](CC[C@@H]1O2)C[C@@H](C)C3=C. The van der Waals surface area contributed by atoms with E-state index in [0.717, 1.165) is 43.3 Å². The first kappa shape index (κ1) is 91.6. The van der Waals surface area contributed by atoms with Crippen molar-refractivity contribution in [2.24, 2.45) is 23.5 Å². The van der Waals surface area contributed by atoms with Crippen LogP contribution < -0.4 is 32.3 Å². The largest absolute Gasteiger partial charge is 0.445 e. The molecule has 666 valence electrons. The van der Waals surface area contributed by atoms with Gasteiger partial charge in [0.25, 0.3) is 11.8 Å². The second-order valence-corrected chi connectivity index (χ2v) is 33.1. The predicted molar refractivity (Wildman–Crippen MR) is 421 cm³/mol. The summed E-state index contributed by atoms with van der Waals surface area (Å²) in [6, 6.07) is 3.62. The fourth-order valence-corrected chi connectivity index (χ4v) is 17.6. The molecule has 11 aliphatic rings. The van der Waals surface area contributed by atoms with E-state index in [1.54, 1.807) is 56.1 Å². The molecule has 0 saturated carbocycles. The van der Waals surface area contributed by atoms with Crippen LogP contribution >= 0.6 is 0 Å². The highest BCUT2D eigenvalue weighted by Crippen LogP contribution is 2.55. The van der Waals surface area contributed by atoms with Crippen molar-refractivity contribution in [2.45, 2.75) is 284 Å². The Bertz CT molecular complexity index is 3770. The molecule has 12 bridgehead atoms. The molecule has 12 heterocycles. The van der Waals surface area contributed by atoms with Crippen LogP contribution in [-0.2, 0) is 134 Å². The highest BCUT2D eigenvalue weighted by Gasteiger charge is 2.69. The highest BCUT2D eigenvalue weighted by atomic mass is 16.8. The first-order valence-corrected chi connectivity index (χ1v) is 42.7. The van der Waals surface area contributed by atoms with Crippen LogP contribution in [0.1, 0.15) is 160 Å². The van der Waals surface area contributed by atoms with Gasteiger partial charge in [-0.3, -0.25) is 28.8 Å². The Labute approximate surface area is 698 Å². The lowest BCUT2D eigenvalue weighted by Crippen LogP contribution is -2.61. The number of aliphatic hydroxyl groups is 1. The fraction of sp³-hybridized carbons (Fsp3) is 0.747. The fourth-order valence-electron chi connectivity index (χ4n) is 17.6. The average molecular weight is 1690 g/mol. The number of nitrogens with zero attached hydrogens (tertiary/aromatic N) is 4. The van der Waals surface area contributed by atoms with E-state index in [1.807, 2.05) is 0 Å². The second-order valence-electron chi connectivity index (χ2n) is 33.1. The molecule has 120 heavy (non-hydrogen) atoms. The number of aliphatic hydroxyl groups excluding tert-OH is 1. The summed E-state index contributed by atoms with van der Waals surface area (Å²) in [5, 5.41) is 33.8. The summed E-state index contributed by atoms with van der Waals surface area (Å²) in [5.74, 6) is -4.73. The maximum Gasteiger partial charge on any atom is 0.407 e. The van der Waals surface area contributed by atoms with E-state index in [9.17, 15) is 48.3 Å². The number of primary amides is 1. The van der Waals surface area contributed by atoms with Crippen molar-refractivity contribution in [3.63, 3.8) is 0 Å². The number of rotatable bonds is 41. The summed E-state index contributed by atoms with van der Waals surface area (Å²) in [6.07, 6.45) is 3.57. The van der Waals surface area contributed by atoms with Gasteiger partial charge in [-0.25, -0.2) is 19.1 Å². The second kappa shape index (κ2) is 44.7. The first-order chi connectivity index (χ1) is 57.9. The Hall–Kier alpha value is -7.57. The van der Waals surface area contributed by atoms with E-state index in [1.165, 1.54) is 0 Å². The van der Waals surface area contributed by atoms with Crippen LogP contribution in [0.15, 0.2) is 54.8 Å². The van der Waals surface area contributed by atoms with Gasteiger partial charge in [0, 0.05) is 89.6 Å². The summed E-state index contributed by atoms with van der Waals surface area (Å²) in [5.41, 5.74) is 8.91. The Balaban J connectivity index is 0.533. The summed E-state index contributed by atoms with van der Waals surface area (Å²) in [7, 11) is 1.61. The molecule has 21 atom stereocenters. The molecule has 37 heteroatoms. The van der Waals surface area contributed by atoms with E-state index < -0.39 is 102 Å². The molecule has 11 saturated heterocycles. The number of benzene rings is 1. The number of hydroxylamine groups is 2. The smallest absolute Gasteiger partial charge is 0.407 e. The monoisotopic (exact) mass is 1690 g/mol. The van der Waals surface area contributed by atoms with Crippen LogP contribution in [0.4, 0.5) is 15.3 Å². The molecule has 1 spiro atoms. The average Bonchev–Trinajstić information content (AvgIpc) is 1.55. The zero-order chi connectivity index (χ0) is 84.8. The Kier molecular flexibility index (Phi) is 34.1. The lowest BCUT2D eigenvalue weighted by atomic mass is 9.81. The molecule has 1 aromatic carbocycles. The number of carbonyl (C=O) groups is 9. The van der Waals surface area contributed by atoms with Crippen molar-refractivity contribution < 1.29 is 129 Å². The lowest BCUT2D eigenvalue weighted by molar-refractivity contribution is -0.292. The molecule has 8 amide bonds. The number of hydrogen-bond donors (Lipinski definition) is 7. The molecule has 13 rings (SSSR count). The van der Waals surface area contributed by atoms with Crippen LogP contribution in [0.25, 0.3) is 0 Å². The van der Waals surface area contributed by atoms with E-state index >= 15 is 0 Å². The molecule has 8 N–H and O–H groups in total. The summed E-state index contributed by atoms with van der Waals surface area (Å²) in [6.45, 7) is 17.7. The zero-order valence-electron chi connectivity index (χ0n) is 69.3. The van der Waals surface area contributed by atoms with Gasteiger partial charge in [0.05, 0.1) is 166 Å². The number of Topliss-reactive ketones (excluding diaryl/α,β-unsaturated/α-hetero) is 1. The quantitative estimate of drug-likeness (QED) is 0.0280. The minimum Gasteiger partial charge on any atom is -0.445 e. The number of nitrogens with one attached hydrogen (secondary N) is 5. The maximum absolute atomic E-state index is 14.2. The van der Waals surface area contributed by atoms with Gasteiger partial charge in [-0.05, 0) is 105 Å². The molecule has 2 aromatic rings. The number of ketones is 1. The summed E-state index contributed by atoms with van der Waals surface area (Å²) in [4.78, 5) is 120. The Morgan fingerprint density at radius 2 is 1.35 bits per heavy atom. The molecule has 11 aliphatic heterocycles. The van der Waals surface area contributed by atoms with Crippen molar-refractivity contribution in [1.29, 1.82) is 0 Å². The molecular weight excluding hydrogens is 1570 g/mol. The minimum absolute atomic E-state index is 0.0233. The number of amides is 8. The van der Waals surface area contributed by atoms with Crippen LogP contribution in [0, 0.1) is 17.8 Å². The number of aromatic nitrogens is 3. The van der Waals surface area contributed by atoms with Crippen LogP contribution in [-0.4, -0.2) is 287 Å². The van der Waals surface area contributed by atoms with Gasteiger partial charge in [0.2, 0.25) is 17.7 Å². The van der Waals surface area contributed by atoms with Crippen molar-refractivity contribution in [1.82, 2.24) is 41.3 Å². The van der Waals surface area contributed by atoms with Crippen molar-refractivity contribution in [3.05, 3.63) is 66.0 Å². The van der Waals surface area contributed by atoms with Crippen LogP contribution in [0.2, 0.25) is 0 Å². The molecular formula is C83H122N10O27. The number of methoxy groups -OCH3 is 1. The number of alkyl carbamates (subject to hydrolysis) is 1. The van der Waals surface area contributed by atoms with E-state index in [0.29, 0.717) is 100 Å². The summed E-state index contributed by atoms with van der Waals surface area (Å²) >= 11 is 0. The van der Waals surface area contributed by atoms with Crippen LogP contribution in [0.3, 0.4) is 0 Å². The third-order valence-corrected chi connectivity index (χ3v) is 23.9. The third kappa shape index (κ3) is 25.8.